The van der Waals surface area contributed by atoms with Crippen LogP contribution in [0.3, 0.4) is 0 Å². The van der Waals surface area contributed by atoms with Crippen LogP contribution in [0.1, 0.15) is 27.7 Å². The normalized spacial score (nSPS) is 13.2. The van der Waals surface area contributed by atoms with Crippen molar-refractivity contribution in [3.8, 4) is 0 Å². The number of aliphatic hydroxyl groups is 1. The monoisotopic (exact) mass is 259 g/mol. The topological polar surface area (TPSA) is 76.1 Å². The molecular formula is C12H21NO5. The minimum atomic E-state index is -1.68. The van der Waals surface area contributed by atoms with Gasteiger partial charge in [-0.15, -0.1) is 0 Å². The van der Waals surface area contributed by atoms with Gasteiger partial charge in [0.25, 0.3) is 0 Å². The number of aliphatic hydroxyl groups excluding tert-OH is 1. The van der Waals surface area contributed by atoms with Crippen molar-refractivity contribution in [3.63, 3.8) is 0 Å². The van der Waals surface area contributed by atoms with Crippen molar-refractivity contribution in [2.75, 3.05) is 13.7 Å². The molecule has 0 aliphatic heterocycles. The van der Waals surface area contributed by atoms with E-state index in [0.29, 0.717) is 0 Å². The van der Waals surface area contributed by atoms with Gasteiger partial charge in [-0.25, -0.2) is 9.59 Å². The van der Waals surface area contributed by atoms with Crippen LogP contribution in [0.15, 0.2) is 12.2 Å². The quantitative estimate of drug-likeness (QED) is 0.468. The van der Waals surface area contributed by atoms with E-state index in [-0.39, 0.29) is 6.54 Å². The van der Waals surface area contributed by atoms with E-state index in [1.54, 1.807) is 39.8 Å². The second-order valence-electron chi connectivity index (χ2n) is 4.60. The maximum absolute atomic E-state index is 11.8. The van der Waals surface area contributed by atoms with Gasteiger partial charge in [-0.1, -0.05) is 12.2 Å². The molecule has 104 valence electrons. The van der Waals surface area contributed by atoms with Crippen LogP contribution < -0.4 is 0 Å². The van der Waals surface area contributed by atoms with E-state index in [1.165, 1.54) is 0 Å². The predicted molar refractivity (Wildman–Crippen MR) is 65.8 cm³/mol. The third-order valence-corrected chi connectivity index (χ3v) is 1.87. The van der Waals surface area contributed by atoms with Gasteiger partial charge in [-0.3, -0.25) is 4.90 Å². The molecule has 0 aliphatic carbocycles. The molecule has 1 unspecified atom stereocenters. The second kappa shape index (κ2) is 7.00. The minimum Gasteiger partial charge on any atom is -0.466 e. The maximum Gasteiger partial charge on any atom is 0.413 e. The molecule has 0 saturated carbocycles. The number of methoxy groups -OCH3 is 1. The van der Waals surface area contributed by atoms with E-state index >= 15 is 0 Å². The Balaban J connectivity index is 4.87. The number of ether oxygens (including phenoxy) is 2. The summed E-state index contributed by atoms with van der Waals surface area (Å²) in [7, 11) is 1.13. The highest BCUT2D eigenvalue weighted by Crippen LogP contribution is 2.12. The number of amides is 1. The summed E-state index contributed by atoms with van der Waals surface area (Å²) in [5.74, 6) is -0.912. The smallest absolute Gasteiger partial charge is 0.413 e. The van der Waals surface area contributed by atoms with Gasteiger partial charge in [0.2, 0.25) is 6.23 Å². The molecule has 6 heteroatoms. The molecule has 1 atom stereocenters. The van der Waals surface area contributed by atoms with Gasteiger partial charge in [0.05, 0.1) is 7.11 Å². The fourth-order valence-corrected chi connectivity index (χ4v) is 1.05. The summed E-state index contributed by atoms with van der Waals surface area (Å²) in [6.45, 7) is 6.91. The Hall–Kier alpha value is -1.56. The van der Waals surface area contributed by atoms with Gasteiger partial charge in [-0.05, 0) is 27.7 Å². The molecule has 0 spiro atoms. The highest BCUT2D eigenvalue weighted by atomic mass is 16.6. The van der Waals surface area contributed by atoms with Crippen LogP contribution in [0.5, 0.6) is 0 Å². The fraction of sp³-hybridized carbons (Fsp3) is 0.667. The highest BCUT2D eigenvalue weighted by molar-refractivity contribution is 5.80. The Labute approximate surface area is 107 Å². The number of rotatable bonds is 4. The van der Waals surface area contributed by atoms with Crippen molar-refractivity contribution in [2.24, 2.45) is 0 Å². The van der Waals surface area contributed by atoms with Gasteiger partial charge < -0.3 is 14.6 Å². The summed E-state index contributed by atoms with van der Waals surface area (Å²) in [6, 6.07) is 0. The summed E-state index contributed by atoms with van der Waals surface area (Å²) in [6.07, 6.45) is 0.858. The Morgan fingerprint density at radius 1 is 1.39 bits per heavy atom. The standard InChI is InChI=1S/C12H21NO5/c1-6-7-8-13(9(14)10(15)17-5)11(16)18-12(2,3)4/h6-7,9,14H,8H2,1-5H3/b7-6-. The maximum atomic E-state index is 11.8. The van der Waals surface area contributed by atoms with E-state index in [2.05, 4.69) is 4.74 Å². The molecule has 0 bridgehead atoms. The molecule has 0 aliphatic rings. The van der Waals surface area contributed by atoms with Crippen molar-refractivity contribution in [2.45, 2.75) is 39.5 Å². The summed E-state index contributed by atoms with van der Waals surface area (Å²) in [5.41, 5.74) is -0.707. The fourth-order valence-electron chi connectivity index (χ4n) is 1.05. The zero-order valence-corrected chi connectivity index (χ0v) is 11.5. The van der Waals surface area contributed by atoms with E-state index in [1.807, 2.05) is 0 Å². The van der Waals surface area contributed by atoms with E-state index in [4.69, 9.17) is 4.74 Å². The van der Waals surface area contributed by atoms with Crippen molar-refractivity contribution in [1.29, 1.82) is 0 Å². The molecule has 0 aromatic carbocycles. The molecule has 0 aromatic heterocycles. The molecule has 0 rings (SSSR count). The van der Waals surface area contributed by atoms with Crippen molar-refractivity contribution < 1.29 is 24.2 Å². The van der Waals surface area contributed by atoms with Gasteiger partial charge in [0.1, 0.15) is 5.60 Å². The van der Waals surface area contributed by atoms with Crippen LogP contribution in [0.25, 0.3) is 0 Å². The number of hydrogen-bond acceptors (Lipinski definition) is 5. The van der Waals surface area contributed by atoms with Crippen molar-refractivity contribution in [3.05, 3.63) is 12.2 Å². The summed E-state index contributed by atoms with van der Waals surface area (Å²) >= 11 is 0. The van der Waals surface area contributed by atoms with Crippen LogP contribution in [-0.2, 0) is 14.3 Å². The summed E-state index contributed by atoms with van der Waals surface area (Å²) in [5, 5.41) is 9.69. The largest absolute Gasteiger partial charge is 0.466 e. The first kappa shape index (κ1) is 16.4. The van der Waals surface area contributed by atoms with E-state index in [9.17, 15) is 14.7 Å². The molecule has 1 amide bonds. The van der Waals surface area contributed by atoms with Crippen LogP contribution in [0.4, 0.5) is 4.79 Å². The van der Waals surface area contributed by atoms with Gasteiger partial charge in [-0.2, -0.15) is 0 Å². The minimum absolute atomic E-state index is 0.0572. The number of esters is 1. The summed E-state index contributed by atoms with van der Waals surface area (Å²) in [4.78, 5) is 24.0. The number of nitrogens with zero attached hydrogens (tertiary/aromatic N) is 1. The SMILES string of the molecule is C/C=C\CN(C(=O)OC(C)(C)C)C(O)C(=O)OC. The average molecular weight is 259 g/mol. The van der Waals surface area contributed by atoms with E-state index < -0.39 is 23.9 Å². The van der Waals surface area contributed by atoms with Gasteiger partial charge in [0, 0.05) is 6.54 Å². The lowest BCUT2D eigenvalue weighted by molar-refractivity contribution is -0.160. The first-order valence-corrected chi connectivity index (χ1v) is 5.59. The average Bonchev–Trinajstić information content (AvgIpc) is 2.25. The molecule has 0 aromatic rings. The van der Waals surface area contributed by atoms with Crippen LogP contribution in [0.2, 0.25) is 0 Å². The van der Waals surface area contributed by atoms with Crippen molar-refractivity contribution in [1.82, 2.24) is 4.90 Å². The Morgan fingerprint density at radius 2 is 1.94 bits per heavy atom. The molecular weight excluding hydrogens is 238 g/mol. The first-order chi connectivity index (χ1) is 8.22. The molecule has 6 nitrogen and oxygen atoms in total. The Kier molecular flexibility index (Phi) is 6.40. The number of hydrogen-bond donors (Lipinski definition) is 1. The molecule has 0 radical (unpaired) electrons. The lowest BCUT2D eigenvalue weighted by atomic mass is 10.2. The third-order valence-electron chi connectivity index (χ3n) is 1.87. The van der Waals surface area contributed by atoms with Gasteiger partial charge >= 0.3 is 12.1 Å². The molecule has 0 saturated heterocycles. The van der Waals surface area contributed by atoms with Crippen LogP contribution >= 0.6 is 0 Å². The molecule has 18 heavy (non-hydrogen) atoms. The van der Waals surface area contributed by atoms with Crippen LogP contribution in [-0.4, -0.2) is 47.6 Å². The second-order valence-corrected chi connectivity index (χ2v) is 4.60. The predicted octanol–water partition coefficient (Wildman–Crippen LogP) is 1.29. The molecule has 0 heterocycles. The zero-order chi connectivity index (χ0) is 14.3. The third kappa shape index (κ3) is 5.67. The van der Waals surface area contributed by atoms with Gasteiger partial charge in [0.15, 0.2) is 0 Å². The number of allylic oxidation sites excluding steroid dienone is 1. The highest BCUT2D eigenvalue weighted by Gasteiger charge is 2.31. The lowest BCUT2D eigenvalue weighted by Crippen LogP contribution is -2.47. The first-order valence-electron chi connectivity index (χ1n) is 5.59. The Bertz CT molecular complexity index is 319. The van der Waals surface area contributed by atoms with Crippen LogP contribution in [0, 0.1) is 0 Å². The number of carbonyl (C=O) groups excluding carboxylic acids is 2. The lowest BCUT2D eigenvalue weighted by Gasteiger charge is -2.28. The number of carbonyl (C=O) groups is 2. The molecule has 0 fully saturated rings. The Morgan fingerprint density at radius 3 is 2.33 bits per heavy atom. The summed E-state index contributed by atoms with van der Waals surface area (Å²) < 4.78 is 9.49. The van der Waals surface area contributed by atoms with E-state index in [0.717, 1.165) is 12.0 Å². The molecule has 1 N–H and O–H groups in total. The van der Waals surface area contributed by atoms with Crippen molar-refractivity contribution >= 4 is 12.1 Å². The zero-order valence-electron chi connectivity index (χ0n) is 11.5.